The van der Waals surface area contributed by atoms with Crippen LogP contribution >= 0.6 is 11.8 Å². The third-order valence-electron chi connectivity index (χ3n) is 4.01. The molecular formula is C18H21NS. The second kappa shape index (κ2) is 6.47. The first-order chi connectivity index (χ1) is 9.84. The highest BCUT2D eigenvalue weighted by Crippen LogP contribution is 2.38. The van der Waals surface area contributed by atoms with Gasteiger partial charge in [0.15, 0.2) is 0 Å². The first kappa shape index (κ1) is 13.7. The van der Waals surface area contributed by atoms with Gasteiger partial charge in [-0.3, -0.25) is 0 Å². The van der Waals surface area contributed by atoms with Gasteiger partial charge in [-0.05, 0) is 23.1 Å². The predicted molar refractivity (Wildman–Crippen MR) is 87.6 cm³/mol. The summed E-state index contributed by atoms with van der Waals surface area (Å²) in [7, 11) is 0. The van der Waals surface area contributed by atoms with Crippen LogP contribution in [0.1, 0.15) is 29.9 Å². The van der Waals surface area contributed by atoms with Gasteiger partial charge in [-0.1, -0.05) is 55.5 Å². The van der Waals surface area contributed by atoms with E-state index in [0.717, 1.165) is 13.1 Å². The van der Waals surface area contributed by atoms with Crippen molar-refractivity contribution < 1.29 is 0 Å². The highest BCUT2D eigenvalue weighted by atomic mass is 32.2. The van der Waals surface area contributed by atoms with Crippen LogP contribution in [0.15, 0.2) is 59.5 Å². The second-order valence-electron chi connectivity index (χ2n) is 5.52. The molecule has 1 heterocycles. The summed E-state index contributed by atoms with van der Waals surface area (Å²) in [5.41, 5.74) is 2.94. The minimum Gasteiger partial charge on any atom is -0.315 e. The summed E-state index contributed by atoms with van der Waals surface area (Å²) in [6.07, 6.45) is 0. The first-order valence-electron chi connectivity index (χ1n) is 7.32. The van der Waals surface area contributed by atoms with Crippen molar-refractivity contribution in [3.63, 3.8) is 0 Å². The van der Waals surface area contributed by atoms with Gasteiger partial charge >= 0.3 is 0 Å². The molecular weight excluding hydrogens is 262 g/mol. The molecule has 0 saturated heterocycles. The summed E-state index contributed by atoms with van der Waals surface area (Å²) in [6, 6.07) is 19.6. The van der Waals surface area contributed by atoms with Gasteiger partial charge in [0, 0.05) is 29.7 Å². The van der Waals surface area contributed by atoms with Crippen LogP contribution in [-0.2, 0) is 0 Å². The largest absolute Gasteiger partial charge is 0.315 e. The summed E-state index contributed by atoms with van der Waals surface area (Å²) in [5.74, 6) is 2.45. The minimum atomic E-state index is 0.570. The average molecular weight is 283 g/mol. The van der Waals surface area contributed by atoms with Crippen molar-refractivity contribution in [2.45, 2.75) is 23.7 Å². The van der Waals surface area contributed by atoms with E-state index < -0.39 is 0 Å². The Labute approximate surface area is 125 Å². The van der Waals surface area contributed by atoms with E-state index in [9.17, 15) is 0 Å². The van der Waals surface area contributed by atoms with Crippen LogP contribution in [0.4, 0.5) is 0 Å². The highest BCUT2D eigenvalue weighted by Gasteiger charge is 2.22. The minimum absolute atomic E-state index is 0.570. The van der Waals surface area contributed by atoms with Crippen LogP contribution in [0.5, 0.6) is 0 Å². The van der Waals surface area contributed by atoms with Crippen LogP contribution in [0.3, 0.4) is 0 Å². The number of thioether (sulfide) groups is 1. The Kier molecular flexibility index (Phi) is 4.44. The summed E-state index contributed by atoms with van der Waals surface area (Å²) >= 11 is 1.99. The molecule has 104 valence electrons. The van der Waals surface area contributed by atoms with Crippen LogP contribution in [0, 0.1) is 0 Å². The molecule has 0 radical (unpaired) electrons. The van der Waals surface area contributed by atoms with Crippen LogP contribution in [0.25, 0.3) is 0 Å². The van der Waals surface area contributed by atoms with E-state index in [0.29, 0.717) is 11.8 Å². The van der Waals surface area contributed by atoms with Gasteiger partial charge in [-0.2, -0.15) is 0 Å². The van der Waals surface area contributed by atoms with Gasteiger partial charge in [0.2, 0.25) is 0 Å². The van der Waals surface area contributed by atoms with E-state index in [-0.39, 0.29) is 0 Å². The number of hydrogen-bond acceptors (Lipinski definition) is 2. The van der Waals surface area contributed by atoms with Crippen LogP contribution in [-0.4, -0.2) is 18.8 Å². The maximum Gasteiger partial charge on any atom is 0.0108 e. The van der Waals surface area contributed by atoms with E-state index in [1.807, 2.05) is 11.8 Å². The lowest BCUT2D eigenvalue weighted by Crippen LogP contribution is -2.25. The zero-order chi connectivity index (χ0) is 13.8. The van der Waals surface area contributed by atoms with Crippen molar-refractivity contribution >= 4 is 11.8 Å². The predicted octanol–water partition coefficient (Wildman–Crippen LogP) is 4.27. The van der Waals surface area contributed by atoms with Gasteiger partial charge in [-0.15, -0.1) is 11.8 Å². The summed E-state index contributed by atoms with van der Waals surface area (Å²) in [4.78, 5) is 1.47. The number of rotatable bonds is 5. The van der Waals surface area contributed by atoms with Crippen LogP contribution < -0.4 is 5.32 Å². The molecule has 1 aliphatic rings. The SMILES string of the molecule is CC(CNCC1CSc2ccccc21)c1ccccc1. The van der Waals surface area contributed by atoms with E-state index in [2.05, 4.69) is 66.8 Å². The smallest absolute Gasteiger partial charge is 0.0108 e. The zero-order valence-electron chi connectivity index (χ0n) is 11.9. The molecule has 0 amide bonds. The van der Waals surface area contributed by atoms with Crippen molar-refractivity contribution in [2.75, 3.05) is 18.8 Å². The van der Waals surface area contributed by atoms with E-state index in [1.54, 1.807) is 0 Å². The number of benzene rings is 2. The molecule has 3 rings (SSSR count). The Morgan fingerprint density at radius 2 is 1.85 bits per heavy atom. The Balaban J connectivity index is 1.52. The molecule has 2 heteroatoms. The Morgan fingerprint density at radius 1 is 1.10 bits per heavy atom. The molecule has 1 aliphatic heterocycles. The van der Waals surface area contributed by atoms with Gasteiger partial charge in [0.05, 0.1) is 0 Å². The van der Waals surface area contributed by atoms with Crippen molar-refractivity contribution in [3.05, 3.63) is 65.7 Å². The van der Waals surface area contributed by atoms with Gasteiger partial charge < -0.3 is 5.32 Å². The fourth-order valence-electron chi connectivity index (χ4n) is 2.77. The molecule has 0 bridgehead atoms. The topological polar surface area (TPSA) is 12.0 Å². The lowest BCUT2D eigenvalue weighted by molar-refractivity contribution is 0.578. The van der Waals surface area contributed by atoms with Crippen molar-refractivity contribution in [1.82, 2.24) is 5.32 Å². The standard InChI is InChI=1S/C18H21NS/c1-14(15-7-3-2-4-8-15)11-19-12-16-13-20-18-10-6-5-9-17(16)18/h2-10,14,16,19H,11-13H2,1H3. The molecule has 0 aromatic heterocycles. The molecule has 20 heavy (non-hydrogen) atoms. The number of nitrogens with one attached hydrogen (secondary N) is 1. The third-order valence-corrected chi connectivity index (χ3v) is 5.26. The van der Waals surface area contributed by atoms with E-state index >= 15 is 0 Å². The highest BCUT2D eigenvalue weighted by molar-refractivity contribution is 7.99. The molecule has 2 atom stereocenters. The maximum absolute atomic E-state index is 3.65. The number of hydrogen-bond donors (Lipinski definition) is 1. The summed E-state index contributed by atoms with van der Waals surface area (Å²) in [6.45, 7) is 4.42. The molecule has 2 aromatic carbocycles. The van der Waals surface area contributed by atoms with Crippen molar-refractivity contribution in [1.29, 1.82) is 0 Å². The molecule has 0 saturated carbocycles. The fraction of sp³-hybridized carbons (Fsp3) is 0.333. The maximum atomic E-state index is 3.65. The molecule has 0 fully saturated rings. The quantitative estimate of drug-likeness (QED) is 0.879. The molecule has 1 N–H and O–H groups in total. The van der Waals surface area contributed by atoms with Gasteiger partial charge in [0.1, 0.15) is 0 Å². The van der Waals surface area contributed by atoms with Crippen LogP contribution in [0.2, 0.25) is 0 Å². The summed E-state index contributed by atoms with van der Waals surface area (Å²) < 4.78 is 0. The van der Waals surface area contributed by atoms with E-state index in [4.69, 9.17) is 0 Å². The lowest BCUT2D eigenvalue weighted by atomic mass is 9.99. The molecule has 2 aromatic rings. The van der Waals surface area contributed by atoms with Crippen molar-refractivity contribution in [2.24, 2.45) is 0 Å². The Hall–Kier alpha value is -1.25. The molecule has 0 spiro atoms. The summed E-state index contributed by atoms with van der Waals surface area (Å²) in [5, 5.41) is 3.65. The monoisotopic (exact) mass is 283 g/mol. The lowest BCUT2D eigenvalue weighted by Gasteiger charge is -2.16. The average Bonchev–Trinajstić information content (AvgIpc) is 2.92. The fourth-order valence-corrected chi connectivity index (χ4v) is 4.03. The van der Waals surface area contributed by atoms with Gasteiger partial charge in [-0.25, -0.2) is 0 Å². The van der Waals surface area contributed by atoms with E-state index in [1.165, 1.54) is 21.8 Å². The second-order valence-corrected chi connectivity index (χ2v) is 6.58. The van der Waals surface area contributed by atoms with Gasteiger partial charge in [0.25, 0.3) is 0 Å². The number of fused-ring (bicyclic) bond motifs is 1. The normalized spacial score (nSPS) is 18.8. The Morgan fingerprint density at radius 3 is 2.70 bits per heavy atom. The first-order valence-corrected chi connectivity index (χ1v) is 8.30. The Bertz CT molecular complexity index is 552. The molecule has 0 aliphatic carbocycles. The molecule has 1 nitrogen and oxygen atoms in total. The molecule has 2 unspecified atom stereocenters. The van der Waals surface area contributed by atoms with Crippen molar-refractivity contribution in [3.8, 4) is 0 Å². The zero-order valence-corrected chi connectivity index (χ0v) is 12.7. The third kappa shape index (κ3) is 3.08.